The van der Waals surface area contributed by atoms with Crippen molar-refractivity contribution in [1.29, 1.82) is 0 Å². The first-order valence-corrected chi connectivity index (χ1v) is 6.67. The number of hydrogen-bond acceptors (Lipinski definition) is 4. The zero-order valence-electron chi connectivity index (χ0n) is 11.6. The van der Waals surface area contributed by atoms with E-state index in [-0.39, 0.29) is 6.61 Å². The van der Waals surface area contributed by atoms with E-state index in [1.54, 1.807) is 6.20 Å². The summed E-state index contributed by atoms with van der Waals surface area (Å²) in [7, 11) is 2.19. The lowest BCUT2D eigenvalue weighted by Crippen LogP contribution is -2.51. The van der Waals surface area contributed by atoms with Gasteiger partial charge in [-0.3, -0.25) is 9.88 Å². The van der Waals surface area contributed by atoms with Crippen LogP contribution in [0.4, 0.5) is 5.69 Å². The molecule has 100 valence electrons. The molecule has 0 aromatic carbocycles. The fourth-order valence-electron chi connectivity index (χ4n) is 2.60. The van der Waals surface area contributed by atoms with Crippen molar-refractivity contribution < 1.29 is 5.11 Å². The average molecular weight is 249 g/mol. The number of aromatic nitrogens is 1. The minimum Gasteiger partial charge on any atom is -0.392 e. The molecule has 18 heavy (non-hydrogen) atoms. The Morgan fingerprint density at radius 3 is 2.89 bits per heavy atom. The van der Waals surface area contributed by atoms with Gasteiger partial charge in [0.2, 0.25) is 0 Å². The number of aliphatic hydroxyl groups excluding tert-OH is 1. The minimum absolute atomic E-state index is 0.0613. The predicted octanol–water partition coefficient (Wildman–Crippen LogP) is 1.41. The van der Waals surface area contributed by atoms with Gasteiger partial charge in [-0.15, -0.1) is 0 Å². The van der Waals surface area contributed by atoms with Crippen LogP contribution < -0.4 is 4.90 Å². The van der Waals surface area contributed by atoms with Crippen LogP contribution in [0.5, 0.6) is 0 Å². The average Bonchev–Trinajstić information content (AvgIpc) is 2.39. The first-order chi connectivity index (χ1) is 8.65. The van der Waals surface area contributed by atoms with Crippen LogP contribution in [0.2, 0.25) is 0 Å². The fourth-order valence-corrected chi connectivity index (χ4v) is 2.60. The maximum atomic E-state index is 9.44. The summed E-state index contributed by atoms with van der Waals surface area (Å²) in [5.74, 6) is 0. The van der Waals surface area contributed by atoms with E-state index in [0.29, 0.717) is 6.04 Å². The Hall–Kier alpha value is -1.13. The molecule has 2 heterocycles. The molecule has 0 saturated carbocycles. The highest BCUT2D eigenvalue weighted by Gasteiger charge is 2.24. The van der Waals surface area contributed by atoms with Crippen molar-refractivity contribution in [1.82, 2.24) is 9.88 Å². The van der Waals surface area contributed by atoms with E-state index < -0.39 is 0 Å². The van der Waals surface area contributed by atoms with E-state index >= 15 is 0 Å². The van der Waals surface area contributed by atoms with Gasteiger partial charge in [-0.25, -0.2) is 0 Å². The maximum absolute atomic E-state index is 9.44. The Kier molecular flexibility index (Phi) is 4.19. The van der Waals surface area contributed by atoms with E-state index in [1.807, 2.05) is 6.92 Å². The Bertz CT molecular complexity index is 408. The van der Waals surface area contributed by atoms with Gasteiger partial charge in [0, 0.05) is 48.8 Å². The third kappa shape index (κ3) is 2.65. The predicted molar refractivity (Wildman–Crippen MR) is 73.8 cm³/mol. The van der Waals surface area contributed by atoms with Crippen LogP contribution >= 0.6 is 0 Å². The van der Waals surface area contributed by atoms with Crippen molar-refractivity contribution in [3.8, 4) is 0 Å². The van der Waals surface area contributed by atoms with Gasteiger partial charge in [0.05, 0.1) is 6.61 Å². The number of nitrogens with zero attached hydrogens (tertiary/aromatic N) is 3. The van der Waals surface area contributed by atoms with Crippen LogP contribution in [0.15, 0.2) is 12.3 Å². The molecule has 0 spiro atoms. The monoisotopic (exact) mass is 249 g/mol. The van der Waals surface area contributed by atoms with Gasteiger partial charge in [-0.1, -0.05) is 6.92 Å². The summed E-state index contributed by atoms with van der Waals surface area (Å²) in [4.78, 5) is 9.07. The van der Waals surface area contributed by atoms with Crippen LogP contribution in [0.1, 0.15) is 24.6 Å². The van der Waals surface area contributed by atoms with Gasteiger partial charge in [0.25, 0.3) is 0 Å². The maximum Gasteiger partial charge on any atom is 0.0717 e. The highest BCUT2D eigenvalue weighted by molar-refractivity contribution is 5.54. The molecule has 0 bridgehead atoms. The first kappa shape index (κ1) is 13.3. The highest BCUT2D eigenvalue weighted by Crippen LogP contribution is 2.24. The summed E-state index contributed by atoms with van der Waals surface area (Å²) < 4.78 is 0. The number of likely N-dealkylation sites (N-methyl/N-ethyl adjacent to an activating group) is 1. The van der Waals surface area contributed by atoms with Crippen molar-refractivity contribution in [3.63, 3.8) is 0 Å². The normalized spacial score (nSPS) is 21.3. The van der Waals surface area contributed by atoms with E-state index in [0.717, 1.165) is 43.0 Å². The van der Waals surface area contributed by atoms with Gasteiger partial charge in [0.1, 0.15) is 0 Å². The number of piperazine rings is 1. The Labute approximate surface area is 109 Å². The fraction of sp³-hybridized carbons (Fsp3) is 0.643. The summed E-state index contributed by atoms with van der Waals surface area (Å²) in [5.41, 5.74) is 3.09. The lowest BCUT2D eigenvalue weighted by molar-refractivity contribution is 0.212. The van der Waals surface area contributed by atoms with Crippen molar-refractivity contribution >= 4 is 5.69 Å². The summed E-state index contributed by atoms with van der Waals surface area (Å²) >= 11 is 0. The van der Waals surface area contributed by atoms with Crippen molar-refractivity contribution in [2.45, 2.75) is 32.9 Å². The molecule has 4 nitrogen and oxygen atoms in total. The van der Waals surface area contributed by atoms with E-state index in [9.17, 15) is 5.11 Å². The van der Waals surface area contributed by atoms with E-state index in [4.69, 9.17) is 0 Å². The molecule has 1 aliphatic rings. The molecule has 1 N–H and O–H groups in total. The molecule has 1 unspecified atom stereocenters. The molecular weight excluding hydrogens is 226 g/mol. The van der Waals surface area contributed by atoms with Gasteiger partial charge < -0.3 is 10.0 Å². The molecule has 1 aromatic rings. The van der Waals surface area contributed by atoms with Gasteiger partial charge in [-0.2, -0.15) is 0 Å². The Morgan fingerprint density at radius 2 is 2.22 bits per heavy atom. The molecule has 4 heteroatoms. The SMILES string of the molecule is CCC1CN(c2cc(C)ncc2CO)CCN1C. The number of rotatable bonds is 3. The summed E-state index contributed by atoms with van der Waals surface area (Å²) in [6, 6.07) is 2.68. The molecule has 1 saturated heterocycles. The van der Waals surface area contributed by atoms with Crippen LogP contribution in [-0.2, 0) is 6.61 Å². The lowest BCUT2D eigenvalue weighted by atomic mass is 10.1. The Morgan fingerprint density at radius 1 is 1.44 bits per heavy atom. The molecule has 0 aliphatic carbocycles. The molecule has 1 atom stereocenters. The van der Waals surface area contributed by atoms with Crippen molar-refractivity contribution in [3.05, 3.63) is 23.5 Å². The third-order valence-corrected chi connectivity index (χ3v) is 3.86. The second-order valence-corrected chi connectivity index (χ2v) is 5.10. The molecule has 1 aromatic heterocycles. The van der Waals surface area contributed by atoms with E-state index in [1.165, 1.54) is 0 Å². The topological polar surface area (TPSA) is 39.6 Å². The van der Waals surface area contributed by atoms with Crippen LogP contribution in [0, 0.1) is 6.92 Å². The summed E-state index contributed by atoms with van der Waals surface area (Å²) in [5, 5.41) is 9.44. The molecule has 2 rings (SSSR count). The Balaban J connectivity index is 2.23. The van der Waals surface area contributed by atoms with Crippen molar-refractivity contribution in [2.75, 3.05) is 31.6 Å². The number of anilines is 1. The standard InChI is InChI=1S/C14H23N3O/c1-4-13-9-17(6-5-16(13)3)14-7-11(2)15-8-12(14)10-18/h7-8,13,18H,4-6,9-10H2,1-3H3. The number of aliphatic hydroxyl groups is 1. The molecular formula is C14H23N3O. The number of aryl methyl sites for hydroxylation is 1. The zero-order chi connectivity index (χ0) is 13.1. The zero-order valence-corrected chi connectivity index (χ0v) is 11.6. The van der Waals surface area contributed by atoms with Crippen LogP contribution in [0.25, 0.3) is 0 Å². The quantitative estimate of drug-likeness (QED) is 0.879. The first-order valence-electron chi connectivity index (χ1n) is 6.67. The van der Waals surface area contributed by atoms with Gasteiger partial charge in [0.15, 0.2) is 0 Å². The van der Waals surface area contributed by atoms with Crippen LogP contribution in [0.3, 0.4) is 0 Å². The smallest absolute Gasteiger partial charge is 0.0717 e. The molecule has 1 fully saturated rings. The number of hydrogen-bond donors (Lipinski definition) is 1. The van der Waals surface area contributed by atoms with Crippen LogP contribution in [-0.4, -0.2) is 47.7 Å². The van der Waals surface area contributed by atoms with Gasteiger partial charge in [-0.05, 0) is 26.5 Å². The summed E-state index contributed by atoms with van der Waals surface area (Å²) in [6.45, 7) is 7.41. The largest absolute Gasteiger partial charge is 0.392 e. The second kappa shape index (κ2) is 5.67. The van der Waals surface area contributed by atoms with E-state index in [2.05, 4.69) is 34.8 Å². The molecule has 0 amide bonds. The molecule has 1 aliphatic heterocycles. The number of pyridine rings is 1. The lowest BCUT2D eigenvalue weighted by Gasteiger charge is -2.41. The highest BCUT2D eigenvalue weighted by atomic mass is 16.3. The molecule has 0 radical (unpaired) electrons. The summed E-state index contributed by atoms with van der Waals surface area (Å²) in [6.07, 6.45) is 2.95. The minimum atomic E-state index is 0.0613. The second-order valence-electron chi connectivity index (χ2n) is 5.10. The van der Waals surface area contributed by atoms with Gasteiger partial charge >= 0.3 is 0 Å². The van der Waals surface area contributed by atoms with Crippen molar-refractivity contribution in [2.24, 2.45) is 0 Å². The third-order valence-electron chi connectivity index (χ3n) is 3.86.